The van der Waals surface area contributed by atoms with Gasteiger partial charge in [0.25, 0.3) is 0 Å². The third-order valence-electron chi connectivity index (χ3n) is 5.20. The molecule has 0 atom stereocenters. The van der Waals surface area contributed by atoms with Gasteiger partial charge in [0.2, 0.25) is 6.41 Å². The van der Waals surface area contributed by atoms with Crippen molar-refractivity contribution in [3.05, 3.63) is 58.9 Å². The van der Waals surface area contributed by atoms with Crippen molar-refractivity contribution in [1.29, 1.82) is 0 Å². The van der Waals surface area contributed by atoms with Crippen LogP contribution in [0.15, 0.2) is 36.4 Å². The van der Waals surface area contributed by atoms with E-state index < -0.39 is 0 Å². The maximum atomic E-state index is 12.8. The molecular weight excluding hydrogens is 353 g/mol. The van der Waals surface area contributed by atoms with Crippen molar-refractivity contribution in [2.45, 2.75) is 65.9 Å². The van der Waals surface area contributed by atoms with Crippen LogP contribution in [0.4, 0.5) is 10.1 Å². The molecule has 1 fully saturated rings. The summed E-state index contributed by atoms with van der Waals surface area (Å²) in [6.45, 7) is 6.48. The molecule has 0 unspecified atom stereocenters. The molecular formula is C24H32FNO2. The molecule has 0 spiro atoms. The van der Waals surface area contributed by atoms with E-state index in [0.29, 0.717) is 13.0 Å². The molecule has 3 rings (SSSR count). The van der Waals surface area contributed by atoms with Crippen LogP contribution in [-0.4, -0.2) is 6.41 Å². The zero-order valence-electron chi connectivity index (χ0n) is 17.3. The number of ether oxygens (including phenoxy) is 1. The molecule has 0 saturated heterocycles. The molecule has 2 aromatic carbocycles. The van der Waals surface area contributed by atoms with Crippen LogP contribution >= 0.6 is 0 Å². The van der Waals surface area contributed by atoms with E-state index in [-0.39, 0.29) is 5.82 Å². The summed E-state index contributed by atoms with van der Waals surface area (Å²) in [4.78, 5) is 10.5. The standard InChI is InChI=1S/C16H16FNO2.C8H16/c1-11-7-15(8-12(2)16(11)18-10-19)20-9-13-3-5-14(17)6-4-13;1-2-5-8-6-3-4-7-8/h3-8,10H,9H2,1-2H3,(H,18,19);8H,2-7H2,1H3. The van der Waals surface area contributed by atoms with Crippen LogP contribution in [0.25, 0.3) is 0 Å². The lowest BCUT2D eigenvalue weighted by Crippen LogP contribution is -2.01. The topological polar surface area (TPSA) is 38.3 Å². The van der Waals surface area contributed by atoms with Gasteiger partial charge in [-0.05, 0) is 60.7 Å². The van der Waals surface area contributed by atoms with Gasteiger partial charge in [0.05, 0.1) is 0 Å². The lowest BCUT2D eigenvalue weighted by molar-refractivity contribution is -0.105. The van der Waals surface area contributed by atoms with Gasteiger partial charge >= 0.3 is 0 Å². The summed E-state index contributed by atoms with van der Waals surface area (Å²) in [5, 5.41) is 2.67. The minimum absolute atomic E-state index is 0.260. The summed E-state index contributed by atoms with van der Waals surface area (Å²) in [7, 11) is 0. The van der Waals surface area contributed by atoms with Crippen molar-refractivity contribution in [2.75, 3.05) is 5.32 Å². The van der Waals surface area contributed by atoms with Crippen molar-refractivity contribution in [3.63, 3.8) is 0 Å². The van der Waals surface area contributed by atoms with Crippen molar-refractivity contribution >= 4 is 12.1 Å². The Hall–Kier alpha value is -2.36. The van der Waals surface area contributed by atoms with E-state index in [1.54, 1.807) is 12.1 Å². The van der Waals surface area contributed by atoms with Crippen LogP contribution in [0.3, 0.4) is 0 Å². The first-order valence-corrected chi connectivity index (χ1v) is 10.2. The molecule has 1 aliphatic carbocycles. The molecule has 152 valence electrons. The molecule has 0 aromatic heterocycles. The van der Waals surface area contributed by atoms with E-state index in [1.165, 1.54) is 50.7 Å². The summed E-state index contributed by atoms with van der Waals surface area (Å²) in [5.41, 5.74) is 3.57. The number of hydrogen-bond acceptors (Lipinski definition) is 2. The van der Waals surface area contributed by atoms with E-state index in [9.17, 15) is 9.18 Å². The molecule has 0 heterocycles. The fourth-order valence-corrected chi connectivity index (χ4v) is 3.75. The van der Waals surface area contributed by atoms with E-state index in [0.717, 1.165) is 34.0 Å². The largest absolute Gasteiger partial charge is 0.489 e. The van der Waals surface area contributed by atoms with Crippen LogP contribution in [0.1, 0.15) is 62.1 Å². The first-order chi connectivity index (χ1) is 13.5. The third kappa shape index (κ3) is 6.99. The Morgan fingerprint density at radius 2 is 1.71 bits per heavy atom. The van der Waals surface area contributed by atoms with Crippen LogP contribution in [0.2, 0.25) is 0 Å². The highest BCUT2D eigenvalue weighted by Crippen LogP contribution is 2.28. The smallest absolute Gasteiger partial charge is 0.211 e. The Kier molecular flexibility index (Phi) is 8.99. The highest BCUT2D eigenvalue weighted by Gasteiger charge is 2.12. The molecule has 1 amide bonds. The summed E-state index contributed by atoms with van der Waals surface area (Å²) in [5.74, 6) is 1.57. The second-order valence-corrected chi connectivity index (χ2v) is 7.55. The summed E-state index contributed by atoms with van der Waals surface area (Å²) >= 11 is 0. The predicted molar refractivity (Wildman–Crippen MR) is 113 cm³/mol. The van der Waals surface area contributed by atoms with E-state index in [4.69, 9.17) is 4.74 Å². The molecule has 4 heteroatoms. The van der Waals surface area contributed by atoms with Gasteiger partial charge in [-0.2, -0.15) is 0 Å². The fourth-order valence-electron chi connectivity index (χ4n) is 3.75. The lowest BCUT2D eigenvalue weighted by atomic mass is 10.0. The number of amides is 1. The van der Waals surface area contributed by atoms with Gasteiger partial charge in [0.15, 0.2) is 0 Å². The average molecular weight is 386 g/mol. The number of benzene rings is 2. The monoisotopic (exact) mass is 385 g/mol. The number of rotatable bonds is 7. The molecule has 1 N–H and O–H groups in total. The van der Waals surface area contributed by atoms with Gasteiger partial charge in [-0.3, -0.25) is 4.79 Å². The Morgan fingerprint density at radius 1 is 1.11 bits per heavy atom. The molecule has 1 aliphatic rings. The quantitative estimate of drug-likeness (QED) is 0.548. The Labute approximate surface area is 168 Å². The van der Waals surface area contributed by atoms with Gasteiger partial charge in [-0.1, -0.05) is 57.6 Å². The van der Waals surface area contributed by atoms with Crippen LogP contribution in [0.5, 0.6) is 5.75 Å². The van der Waals surface area contributed by atoms with E-state index >= 15 is 0 Å². The van der Waals surface area contributed by atoms with E-state index in [2.05, 4.69) is 12.2 Å². The minimum Gasteiger partial charge on any atom is -0.489 e. The third-order valence-corrected chi connectivity index (χ3v) is 5.20. The van der Waals surface area contributed by atoms with Crippen LogP contribution < -0.4 is 10.1 Å². The van der Waals surface area contributed by atoms with Crippen molar-refractivity contribution in [2.24, 2.45) is 5.92 Å². The first kappa shape index (κ1) is 21.9. The number of aryl methyl sites for hydroxylation is 2. The Bertz CT molecular complexity index is 714. The summed E-state index contributed by atoms with van der Waals surface area (Å²) in [6.07, 6.45) is 9.59. The summed E-state index contributed by atoms with van der Waals surface area (Å²) < 4.78 is 18.5. The number of anilines is 1. The van der Waals surface area contributed by atoms with E-state index in [1.807, 2.05) is 26.0 Å². The number of carbonyl (C=O) groups is 1. The number of nitrogens with one attached hydrogen (secondary N) is 1. The zero-order valence-corrected chi connectivity index (χ0v) is 17.3. The minimum atomic E-state index is -0.260. The first-order valence-electron chi connectivity index (χ1n) is 10.2. The number of carbonyl (C=O) groups excluding carboxylic acids is 1. The molecule has 2 aromatic rings. The fraction of sp³-hybridized carbons (Fsp3) is 0.458. The van der Waals surface area contributed by atoms with Crippen molar-refractivity contribution in [1.82, 2.24) is 0 Å². The predicted octanol–water partition coefficient (Wildman–Crippen LogP) is 6.57. The molecule has 0 aliphatic heterocycles. The van der Waals surface area contributed by atoms with Crippen molar-refractivity contribution < 1.29 is 13.9 Å². The van der Waals surface area contributed by atoms with Gasteiger partial charge in [-0.15, -0.1) is 0 Å². The second-order valence-electron chi connectivity index (χ2n) is 7.55. The lowest BCUT2D eigenvalue weighted by Gasteiger charge is -2.12. The molecule has 0 bridgehead atoms. The molecule has 28 heavy (non-hydrogen) atoms. The second kappa shape index (κ2) is 11.5. The highest BCUT2D eigenvalue weighted by atomic mass is 19.1. The number of halogens is 1. The van der Waals surface area contributed by atoms with Gasteiger partial charge in [0, 0.05) is 5.69 Å². The zero-order chi connectivity index (χ0) is 20.4. The highest BCUT2D eigenvalue weighted by molar-refractivity contribution is 5.76. The van der Waals surface area contributed by atoms with Crippen LogP contribution in [0, 0.1) is 25.6 Å². The maximum absolute atomic E-state index is 12.8. The van der Waals surface area contributed by atoms with Crippen LogP contribution in [-0.2, 0) is 11.4 Å². The molecule has 0 radical (unpaired) electrons. The molecule has 3 nitrogen and oxygen atoms in total. The number of hydrogen-bond donors (Lipinski definition) is 1. The molecule has 1 saturated carbocycles. The summed E-state index contributed by atoms with van der Waals surface area (Å²) in [6, 6.07) is 9.93. The normalized spacial score (nSPS) is 13.6. The maximum Gasteiger partial charge on any atom is 0.211 e. The van der Waals surface area contributed by atoms with Crippen molar-refractivity contribution in [3.8, 4) is 5.75 Å². The van der Waals surface area contributed by atoms with Gasteiger partial charge < -0.3 is 10.1 Å². The van der Waals surface area contributed by atoms with Gasteiger partial charge in [0.1, 0.15) is 18.2 Å². The van der Waals surface area contributed by atoms with Gasteiger partial charge in [-0.25, -0.2) is 4.39 Å². The SMILES string of the molecule is CCCC1CCCC1.Cc1cc(OCc2ccc(F)cc2)cc(C)c1NC=O. The Balaban J connectivity index is 0.000000292. The Morgan fingerprint density at radius 3 is 2.25 bits per heavy atom. The average Bonchev–Trinajstić information content (AvgIpc) is 3.18.